The number of rotatable bonds is 1. The Bertz CT molecular complexity index is 439. The molecule has 0 aromatic carbocycles. The Balaban J connectivity index is 2.68. The third-order valence-corrected chi connectivity index (χ3v) is 2.43. The van der Waals surface area contributed by atoms with Gasteiger partial charge in [-0.1, -0.05) is 0 Å². The molecule has 2 aromatic rings. The molecule has 0 unspecified atom stereocenters. The summed E-state index contributed by atoms with van der Waals surface area (Å²) in [5.74, 6) is 0. The SMILES string of the molecule is FC(F)c1cc2c(Br)ccnc2[nH]1. The Morgan fingerprint density at radius 3 is 2.85 bits per heavy atom. The zero-order chi connectivity index (χ0) is 9.42. The van der Waals surface area contributed by atoms with Crippen LogP contribution in [0.3, 0.4) is 0 Å². The van der Waals surface area contributed by atoms with Crippen molar-refractivity contribution >= 4 is 27.0 Å². The lowest BCUT2D eigenvalue weighted by Gasteiger charge is -1.90. The van der Waals surface area contributed by atoms with Crippen LogP contribution in [-0.2, 0) is 0 Å². The molecular weight excluding hydrogens is 242 g/mol. The van der Waals surface area contributed by atoms with Gasteiger partial charge in [-0.2, -0.15) is 0 Å². The van der Waals surface area contributed by atoms with Crippen molar-refractivity contribution < 1.29 is 8.78 Å². The maximum atomic E-state index is 12.3. The van der Waals surface area contributed by atoms with Crippen LogP contribution in [0.5, 0.6) is 0 Å². The Labute approximate surface area is 81.1 Å². The topological polar surface area (TPSA) is 28.7 Å². The second-order valence-corrected chi connectivity index (χ2v) is 3.43. The van der Waals surface area contributed by atoms with Crippen molar-refractivity contribution in [3.8, 4) is 0 Å². The maximum absolute atomic E-state index is 12.3. The van der Waals surface area contributed by atoms with E-state index in [2.05, 4.69) is 25.9 Å². The predicted octanol–water partition coefficient (Wildman–Crippen LogP) is 3.26. The number of fused-ring (bicyclic) bond motifs is 1. The van der Waals surface area contributed by atoms with Crippen LogP contribution in [0.2, 0.25) is 0 Å². The van der Waals surface area contributed by atoms with Gasteiger partial charge in [0.15, 0.2) is 0 Å². The summed E-state index contributed by atoms with van der Waals surface area (Å²) in [6.45, 7) is 0. The van der Waals surface area contributed by atoms with Crippen molar-refractivity contribution in [1.29, 1.82) is 0 Å². The summed E-state index contributed by atoms with van der Waals surface area (Å²) >= 11 is 3.25. The van der Waals surface area contributed by atoms with Crippen molar-refractivity contribution in [3.05, 3.63) is 28.5 Å². The minimum absolute atomic E-state index is 0.102. The minimum Gasteiger partial charge on any atom is -0.338 e. The average molecular weight is 247 g/mol. The van der Waals surface area contributed by atoms with Gasteiger partial charge in [0.2, 0.25) is 0 Å². The summed E-state index contributed by atoms with van der Waals surface area (Å²) in [6, 6.07) is 3.11. The summed E-state index contributed by atoms with van der Waals surface area (Å²) in [5, 5.41) is 0.679. The molecule has 0 bridgehead atoms. The molecule has 0 saturated carbocycles. The highest BCUT2D eigenvalue weighted by Gasteiger charge is 2.11. The van der Waals surface area contributed by atoms with E-state index in [1.807, 2.05) is 0 Å². The van der Waals surface area contributed by atoms with E-state index in [1.165, 1.54) is 6.07 Å². The second-order valence-electron chi connectivity index (χ2n) is 2.58. The molecule has 0 spiro atoms. The van der Waals surface area contributed by atoms with Crippen molar-refractivity contribution in [2.45, 2.75) is 6.43 Å². The predicted molar refractivity (Wildman–Crippen MR) is 48.8 cm³/mol. The van der Waals surface area contributed by atoms with Gasteiger partial charge in [-0.15, -0.1) is 0 Å². The van der Waals surface area contributed by atoms with Crippen LogP contribution in [0.1, 0.15) is 12.1 Å². The van der Waals surface area contributed by atoms with E-state index in [-0.39, 0.29) is 5.69 Å². The number of H-pyrrole nitrogens is 1. The van der Waals surface area contributed by atoms with Crippen molar-refractivity contribution in [2.24, 2.45) is 0 Å². The summed E-state index contributed by atoms with van der Waals surface area (Å²) in [6.07, 6.45) is -0.931. The molecule has 0 aliphatic heterocycles. The van der Waals surface area contributed by atoms with Crippen molar-refractivity contribution in [3.63, 3.8) is 0 Å². The molecule has 2 heterocycles. The monoisotopic (exact) mass is 246 g/mol. The van der Waals surface area contributed by atoms with E-state index in [0.717, 1.165) is 4.47 Å². The number of hydrogen-bond donors (Lipinski definition) is 1. The number of aromatic amines is 1. The molecule has 5 heteroatoms. The Morgan fingerprint density at radius 2 is 2.23 bits per heavy atom. The van der Waals surface area contributed by atoms with E-state index < -0.39 is 6.43 Å². The van der Waals surface area contributed by atoms with Crippen molar-refractivity contribution in [2.75, 3.05) is 0 Å². The van der Waals surface area contributed by atoms with E-state index in [4.69, 9.17) is 0 Å². The number of aromatic nitrogens is 2. The minimum atomic E-state index is -2.49. The lowest BCUT2D eigenvalue weighted by Crippen LogP contribution is -1.81. The summed E-state index contributed by atoms with van der Waals surface area (Å²) < 4.78 is 25.3. The fraction of sp³-hybridized carbons (Fsp3) is 0.125. The fourth-order valence-electron chi connectivity index (χ4n) is 1.13. The number of halogens is 3. The van der Waals surface area contributed by atoms with Gasteiger partial charge in [-0.25, -0.2) is 13.8 Å². The number of nitrogens with one attached hydrogen (secondary N) is 1. The number of alkyl halides is 2. The first-order chi connectivity index (χ1) is 6.18. The molecule has 0 atom stereocenters. The van der Waals surface area contributed by atoms with E-state index in [1.54, 1.807) is 12.3 Å². The number of hydrogen-bond acceptors (Lipinski definition) is 1. The molecule has 2 rings (SSSR count). The van der Waals surface area contributed by atoms with Gasteiger partial charge in [0.1, 0.15) is 5.65 Å². The molecule has 2 nitrogen and oxygen atoms in total. The van der Waals surface area contributed by atoms with Gasteiger partial charge in [-0.3, -0.25) is 0 Å². The van der Waals surface area contributed by atoms with E-state index in [9.17, 15) is 8.78 Å². The van der Waals surface area contributed by atoms with Crippen LogP contribution in [0, 0.1) is 0 Å². The van der Waals surface area contributed by atoms with Crippen LogP contribution in [-0.4, -0.2) is 9.97 Å². The van der Waals surface area contributed by atoms with Crippen LogP contribution < -0.4 is 0 Å². The van der Waals surface area contributed by atoms with Gasteiger partial charge in [0.25, 0.3) is 6.43 Å². The lowest BCUT2D eigenvalue weighted by atomic mass is 10.3. The standard InChI is InChI=1S/C8H5BrF2N2/c9-5-1-2-12-8-4(5)3-6(13-8)7(10)11/h1-3,7H,(H,12,13). The molecule has 13 heavy (non-hydrogen) atoms. The average Bonchev–Trinajstić information content (AvgIpc) is 2.49. The molecule has 1 N–H and O–H groups in total. The van der Waals surface area contributed by atoms with Crippen LogP contribution in [0.15, 0.2) is 22.8 Å². The first-order valence-corrected chi connectivity index (χ1v) is 4.39. The van der Waals surface area contributed by atoms with Gasteiger partial charge in [-0.05, 0) is 28.1 Å². The summed E-state index contributed by atoms with van der Waals surface area (Å²) in [5.41, 5.74) is 0.374. The number of nitrogens with zero attached hydrogens (tertiary/aromatic N) is 1. The Hall–Kier alpha value is -0.970. The zero-order valence-electron chi connectivity index (χ0n) is 6.39. The molecule has 0 radical (unpaired) electrons. The Kier molecular flexibility index (Phi) is 2.03. The normalized spacial score (nSPS) is 11.4. The summed E-state index contributed by atoms with van der Waals surface area (Å²) in [4.78, 5) is 6.47. The number of pyridine rings is 1. The molecule has 68 valence electrons. The zero-order valence-corrected chi connectivity index (χ0v) is 7.98. The molecule has 0 aliphatic carbocycles. The third-order valence-electron chi connectivity index (χ3n) is 1.73. The molecule has 0 saturated heterocycles. The van der Waals surface area contributed by atoms with Gasteiger partial charge in [0.05, 0.1) is 5.69 Å². The molecule has 2 aromatic heterocycles. The van der Waals surface area contributed by atoms with E-state index in [0.29, 0.717) is 11.0 Å². The third kappa shape index (κ3) is 1.44. The first kappa shape index (κ1) is 8.62. The fourth-order valence-corrected chi connectivity index (χ4v) is 1.55. The quantitative estimate of drug-likeness (QED) is 0.823. The van der Waals surface area contributed by atoms with Crippen LogP contribution in [0.25, 0.3) is 11.0 Å². The molecule has 0 aliphatic rings. The van der Waals surface area contributed by atoms with Gasteiger partial charge in [0, 0.05) is 16.1 Å². The highest BCUT2D eigenvalue weighted by atomic mass is 79.9. The molecule has 0 amide bonds. The van der Waals surface area contributed by atoms with Crippen molar-refractivity contribution in [1.82, 2.24) is 9.97 Å². The second kappa shape index (κ2) is 3.06. The molecular formula is C8H5BrF2N2. The van der Waals surface area contributed by atoms with Gasteiger partial charge >= 0.3 is 0 Å². The van der Waals surface area contributed by atoms with Crippen LogP contribution >= 0.6 is 15.9 Å². The largest absolute Gasteiger partial charge is 0.338 e. The van der Waals surface area contributed by atoms with Gasteiger partial charge < -0.3 is 4.98 Å². The lowest BCUT2D eigenvalue weighted by molar-refractivity contribution is 0.147. The van der Waals surface area contributed by atoms with Crippen LogP contribution in [0.4, 0.5) is 8.78 Å². The maximum Gasteiger partial charge on any atom is 0.278 e. The molecule has 0 fully saturated rings. The smallest absolute Gasteiger partial charge is 0.278 e. The van der Waals surface area contributed by atoms with E-state index >= 15 is 0 Å². The Morgan fingerprint density at radius 1 is 1.46 bits per heavy atom. The first-order valence-electron chi connectivity index (χ1n) is 3.60. The highest BCUT2D eigenvalue weighted by molar-refractivity contribution is 9.10. The highest BCUT2D eigenvalue weighted by Crippen LogP contribution is 2.26. The summed E-state index contributed by atoms with van der Waals surface area (Å²) in [7, 11) is 0.